The summed E-state index contributed by atoms with van der Waals surface area (Å²) in [5, 5.41) is 10.2. The molecule has 26 heavy (non-hydrogen) atoms. The lowest BCUT2D eigenvalue weighted by Gasteiger charge is -2.32. The van der Waals surface area contributed by atoms with Crippen LogP contribution in [0.4, 0.5) is 0 Å². The molecule has 5 heteroatoms. The molecule has 0 radical (unpaired) electrons. The molecule has 1 N–H and O–H groups in total. The Hall–Kier alpha value is -2.24. The maximum atomic E-state index is 12.7. The van der Waals surface area contributed by atoms with Crippen molar-refractivity contribution in [3.05, 3.63) is 53.9 Å². The van der Waals surface area contributed by atoms with Crippen LogP contribution in [-0.2, 0) is 10.3 Å². The van der Waals surface area contributed by atoms with Gasteiger partial charge in [-0.1, -0.05) is 12.1 Å². The Balaban J connectivity index is 1.77. The molecular formula is C21H26N2O3. The summed E-state index contributed by atoms with van der Waals surface area (Å²) in [7, 11) is 1.70. The second kappa shape index (κ2) is 7.56. The molecule has 0 spiro atoms. The predicted octanol–water partition coefficient (Wildman–Crippen LogP) is 3.23. The third kappa shape index (κ3) is 4.11. The van der Waals surface area contributed by atoms with Gasteiger partial charge in [-0.3, -0.25) is 9.78 Å². The number of pyridine rings is 1. The zero-order valence-electron chi connectivity index (χ0n) is 15.6. The molecule has 1 aliphatic rings. The average Bonchev–Trinajstić information content (AvgIpc) is 2.67. The number of amides is 1. The first-order valence-corrected chi connectivity index (χ1v) is 8.99. The van der Waals surface area contributed by atoms with Crippen molar-refractivity contribution in [1.82, 2.24) is 9.88 Å². The highest BCUT2D eigenvalue weighted by atomic mass is 16.5. The number of rotatable bonds is 4. The molecule has 1 amide bonds. The summed E-state index contributed by atoms with van der Waals surface area (Å²) in [6, 6.07) is 9.49. The van der Waals surface area contributed by atoms with E-state index in [4.69, 9.17) is 4.74 Å². The molecule has 1 aromatic carbocycles. The van der Waals surface area contributed by atoms with E-state index in [1.807, 2.05) is 35.2 Å². The second-order valence-electron chi connectivity index (χ2n) is 7.35. The van der Waals surface area contributed by atoms with E-state index in [1.165, 1.54) is 0 Å². The number of nitrogens with zero attached hydrogens (tertiary/aromatic N) is 2. The highest BCUT2D eigenvalue weighted by Gasteiger charge is 2.24. The first-order valence-electron chi connectivity index (χ1n) is 8.99. The number of piperidine rings is 1. The maximum Gasteiger partial charge on any atom is 0.253 e. The van der Waals surface area contributed by atoms with Gasteiger partial charge in [0.2, 0.25) is 0 Å². The second-order valence-corrected chi connectivity index (χ2v) is 7.35. The Morgan fingerprint density at radius 2 is 1.96 bits per heavy atom. The van der Waals surface area contributed by atoms with E-state index in [0.717, 1.165) is 36.1 Å². The molecule has 138 valence electrons. The minimum absolute atomic E-state index is 0.0432. The van der Waals surface area contributed by atoms with E-state index in [9.17, 15) is 9.90 Å². The quantitative estimate of drug-likeness (QED) is 0.916. The van der Waals surface area contributed by atoms with Gasteiger partial charge in [0.05, 0.1) is 11.7 Å². The van der Waals surface area contributed by atoms with Crippen LogP contribution >= 0.6 is 0 Å². The van der Waals surface area contributed by atoms with Crippen LogP contribution in [0.1, 0.15) is 42.6 Å². The lowest BCUT2D eigenvalue weighted by atomic mass is 9.96. The SMILES string of the molecule is COC1CCCN(C(=O)c2ccc(-c3cncc(C(C)(C)O)c3)cc2)C1. The minimum Gasteiger partial charge on any atom is -0.386 e. The number of methoxy groups -OCH3 is 1. The molecule has 1 saturated heterocycles. The summed E-state index contributed by atoms with van der Waals surface area (Å²) >= 11 is 0. The van der Waals surface area contributed by atoms with E-state index in [-0.39, 0.29) is 12.0 Å². The molecule has 5 nitrogen and oxygen atoms in total. The molecule has 0 saturated carbocycles. The summed E-state index contributed by atoms with van der Waals surface area (Å²) in [6.07, 6.45) is 5.54. The predicted molar refractivity (Wildman–Crippen MR) is 101 cm³/mol. The van der Waals surface area contributed by atoms with Crippen LogP contribution < -0.4 is 0 Å². The zero-order valence-corrected chi connectivity index (χ0v) is 15.6. The molecule has 2 aromatic rings. The number of hydrogen-bond donors (Lipinski definition) is 1. The summed E-state index contributed by atoms with van der Waals surface area (Å²) in [6.45, 7) is 4.90. The fourth-order valence-electron chi connectivity index (χ4n) is 3.24. The highest BCUT2D eigenvalue weighted by molar-refractivity contribution is 5.94. The summed E-state index contributed by atoms with van der Waals surface area (Å²) < 4.78 is 5.40. The normalized spacial score (nSPS) is 18.0. The molecule has 0 aliphatic carbocycles. The maximum absolute atomic E-state index is 12.7. The Morgan fingerprint density at radius 1 is 1.23 bits per heavy atom. The van der Waals surface area contributed by atoms with E-state index in [1.54, 1.807) is 33.4 Å². The summed E-state index contributed by atoms with van der Waals surface area (Å²) in [4.78, 5) is 18.8. The number of benzene rings is 1. The van der Waals surface area contributed by atoms with Crippen LogP contribution in [0, 0.1) is 0 Å². The van der Waals surface area contributed by atoms with Gasteiger partial charge in [-0.05, 0) is 50.5 Å². The number of carbonyl (C=O) groups excluding carboxylic acids is 1. The van der Waals surface area contributed by atoms with E-state index in [0.29, 0.717) is 12.1 Å². The van der Waals surface area contributed by atoms with Gasteiger partial charge < -0.3 is 14.7 Å². The Kier molecular flexibility index (Phi) is 5.39. The van der Waals surface area contributed by atoms with Gasteiger partial charge in [-0.25, -0.2) is 0 Å². The van der Waals surface area contributed by atoms with Gasteiger partial charge in [-0.2, -0.15) is 0 Å². The Labute approximate surface area is 154 Å². The number of aliphatic hydroxyl groups is 1. The zero-order chi connectivity index (χ0) is 18.7. The number of likely N-dealkylation sites (tertiary alicyclic amines) is 1. The monoisotopic (exact) mass is 354 g/mol. The first-order chi connectivity index (χ1) is 12.4. The van der Waals surface area contributed by atoms with E-state index < -0.39 is 5.60 Å². The van der Waals surface area contributed by atoms with Crippen molar-refractivity contribution < 1.29 is 14.6 Å². The number of aromatic nitrogens is 1. The first kappa shape index (κ1) is 18.5. The lowest BCUT2D eigenvalue weighted by molar-refractivity contribution is 0.0269. The molecule has 1 aliphatic heterocycles. The van der Waals surface area contributed by atoms with Crippen LogP contribution in [0.2, 0.25) is 0 Å². The van der Waals surface area contributed by atoms with Gasteiger partial charge in [0.25, 0.3) is 5.91 Å². The topological polar surface area (TPSA) is 62.7 Å². The molecular weight excluding hydrogens is 328 g/mol. The number of carbonyl (C=O) groups is 1. The molecule has 1 fully saturated rings. The van der Waals surface area contributed by atoms with Crippen LogP contribution in [0.5, 0.6) is 0 Å². The minimum atomic E-state index is -0.939. The molecule has 1 unspecified atom stereocenters. The third-order valence-corrected chi connectivity index (χ3v) is 4.91. The van der Waals surface area contributed by atoms with Gasteiger partial charge in [0, 0.05) is 49.3 Å². The van der Waals surface area contributed by atoms with Crippen molar-refractivity contribution in [2.24, 2.45) is 0 Å². The fraction of sp³-hybridized carbons (Fsp3) is 0.429. The molecule has 0 bridgehead atoms. The lowest BCUT2D eigenvalue weighted by Crippen LogP contribution is -2.42. The van der Waals surface area contributed by atoms with Gasteiger partial charge in [0.1, 0.15) is 0 Å². The molecule has 3 rings (SSSR count). The Morgan fingerprint density at radius 3 is 2.62 bits per heavy atom. The summed E-state index contributed by atoms with van der Waals surface area (Å²) in [5.41, 5.74) is 2.38. The van der Waals surface area contributed by atoms with Crippen molar-refractivity contribution in [1.29, 1.82) is 0 Å². The largest absolute Gasteiger partial charge is 0.386 e. The highest BCUT2D eigenvalue weighted by Crippen LogP contribution is 2.26. The molecule has 2 heterocycles. The van der Waals surface area contributed by atoms with E-state index >= 15 is 0 Å². The van der Waals surface area contributed by atoms with Crippen molar-refractivity contribution in [2.45, 2.75) is 38.4 Å². The van der Waals surface area contributed by atoms with Crippen LogP contribution in [0.25, 0.3) is 11.1 Å². The van der Waals surface area contributed by atoms with Crippen molar-refractivity contribution in [3.63, 3.8) is 0 Å². The standard InChI is InChI=1S/C21H26N2O3/c1-21(2,25)18-11-17(12-22-13-18)15-6-8-16(9-7-15)20(24)23-10-4-5-19(14-23)26-3/h6-9,11-13,19,25H,4-5,10,14H2,1-3H3. The third-order valence-electron chi connectivity index (χ3n) is 4.91. The van der Waals surface area contributed by atoms with Crippen LogP contribution in [0.15, 0.2) is 42.7 Å². The van der Waals surface area contributed by atoms with Gasteiger partial charge >= 0.3 is 0 Å². The Bertz CT molecular complexity index is 766. The van der Waals surface area contributed by atoms with Crippen molar-refractivity contribution in [2.75, 3.05) is 20.2 Å². The van der Waals surface area contributed by atoms with Gasteiger partial charge in [-0.15, -0.1) is 0 Å². The fourth-order valence-corrected chi connectivity index (χ4v) is 3.24. The number of hydrogen-bond acceptors (Lipinski definition) is 4. The van der Waals surface area contributed by atoms with Crippen molar-refractivity contribution in [3.8, 4) is 11.1 Å². The smallest absolute Gasteiger partial charge is 0.253 e. The van der Waals surface area contributed by atoms with E-state index in [2.05, 4.69) is 4.98 Å². The number of ether oxygens (including phenoxy) is 1. The van der Waals surface area contributed by atoms with Crippen LogP contribution in [-0.4, -0.2) is 47.2 Å². The van der Waals surface area contributed by atoms with Crippen LogP contribution in [0.3, 0.4) is 0 Å². The summed E-state index contributed by atoms with van der Waals surface area (Å²) in [5.74, 6) is 0.0432. The molecule has 1 atom stereocenters. The molecule has 1 aromatic heterocycles. The average molecular weight is 354 g/mol. The van der Waals surface area contributed by atoms with Gasteiger partial charge in [0.15, 0.2) is 0 Å². The van der Waals surface area contributed by atoms with Crippen molar-refractivity contribution >= 4 is 5.91 Å².